The molecule has 1 N–H and O–H groups in total. The standard InChI is InChI=1S/C25H24N2O3S/c1-16-19-6-4-5-7-23(19)31-24-11-9-18(15-20(24)27-16)25(28)26-13-12-17-8-10-21(29-2)22(14-17)30-3/h4-11,14-15H,12-13H2,1-3H3,(H,26,28). The van der Waals surface area contributed by atoms with E-state index < -0.39 is 0 Å². The number of nitrogens with zero attached hydrogens (tertiary/aromatic N) is 1. The molecule has 0 fully saturated rings. The van der Waals surface area contributed by atoms with Gasteiger partial charge in [-0.3, -0.25) is 9.79 Å². The summed E-state index contributed by atoms with van der Waals surface area (Å²) in [5.41, 5.74) is 4.58. The van der Waals surface area contributed by atoms with Gasteiger partial charge in [0, 0.05) is 33.2 Å². The quantitative estimate of drug-likeness (QED) is 0.576. The Morgan fingerprint density at radius 1 is 0.968 bits per heavy atom. The molecule has 0 bridgehead atoms. The molecule has 0 aromatic heterocycles. The molecule has 1 aliphatic heterocycles. The fraction of sp³-hybridized carbons (Fsp3) is 0.200. The lowest BCUT2D eigenvalue weighted by Crippen LogP contribution is -2.25. The van der Waals surface area contributed by atoms with Crippen molar-refractivity contribution in [2.75, 3.05) is 20.8 Å². The minimum Gasteiger partial charge on any atom is -0.493 e. The van der Waals surface area contributed by atoms with Crippen molar-refractivity contribution in [2.24, 2.45) is 4.99 Å². The first-order valence-corrected chi connectivity index (χ1v) is 10.9. The molecule has 1 aliphatic rings. The number of hydrogen-bond acceptors (Lipinski definition) is 5. The van der Waals surface area contributed by atoms with Gasteiger partial charge < -0.3 is 14.8 Å². The molecule has 0 spiro atoms. The van der Waals surface area contributed by atoms with Gasteiger partial charge in [-0.15, -0.1) is 0 Å². The van der Waals surface area contributed by atoms with E-state index in [-0.39, 0.29) is 5.91 Å². The van der Waals surface area contributed by atoms with Crippen LogP contribution in [0.2, 0.25) is 0 Å². The largest absolute Gasteiger partial charge is 0.493 e. The van der Waals surface area contributed by atoms with Crippen LogP contribution in [-0.4, -0.2) is 32.4 Å². The van der Waals surface area contributed by atoms with Crippen molar-refractivity contribution in [3.05, 3.63) is 77.4 Å². The Labute approximate surface area is 186 Å². The van der Waals surface area contributed by atoms with Crippen LogP contribution in [0.25, 0.3) is 0 Å². The van der Waals surface area contributed by atoms with Crippen molar-refractivity contribution >= 4 is 29.1 Å². The van der Waals surface area contributed by atoms with E-state index in [0.29, 0.717) is 30.0 Å². The minimum absolute atomic E-state index is 0.108. The fourth-order valence-corrected chi connectivity index (χ4v) is 4.56. The third kappa shape index (κ3) is 4.59. The topological polar surface area (TPSA) is 59.9 Å². The van der Waals surface area contributed by atoms with E-state index in [4.69, 9.17) is 14.5 Å². The zero-order valence-corrected chi connectivity index (χ0v) is 18.6. The molecule has 1 heterocycles. The number of hydrogen-bond donors (Lipinski definition) is 1. The second-order valence-corrected chi connectivity index (χ2v) is 8.26. The van der Waals surface area contributed by atoms with E-state index in [9.17, 15) is 4.79 Å². The summed E-state index contributed by atoms with van der Waals surface area (Å²) in [4.78, 5) is 19.7. The van der Waals surface area contributed by atoms with Gasteiger partial charge in [0.2, 0.25) is 0 Å². The van der Waals surface area contributed by atoms with Crippen LogP contribution in [0, 0.1) is 0 Å². The van der Waals surface area contributed by atoms with Crippen molar-refractivity contribution in [2.45, 2.75) is 23.1 Å². The molecule has 6 heteroatoms. The van der Waals surface area contributed by atoms with Gasteiger partial charge in [0.15, 0.2) is 11.5 Å². The molecule has 0 radical (unpaired) electrons. The SMILES string of the molecule is COc1ccc(CCNC(=O)c2ccc3c(c2)N=C(C)c2ccccc2S3)cc1OC. The van der Waals surface area contributed by atoms with Gasteiger partial charge in [0.1, 0.15) is 0 Å². The molecule has 3 aromatic rings. The van der Waals surface area contributed by atoms with Gasteiger partial charge in [-0.05, 0) is 55.3 Å². The van der Waals surface area contributed by atoms with E-state index in [1.165, 1.54) is 4.90 Å². The van der Waals surface area contributed by atoms with E-state index in [1.807, 2.05) is 55.5 Å². The number of aliphatic imine (C=N–C) groups is 1. The summed E-state index contributed by atoms with van der Waals surface area (Å²) in [5, 5.41) is 3.00. The number of fused-ring (bicyclic) bond motifs is 2. The molecule has 0 aliphatic carbocycles. The van der Waals surface area contributed by atoms with Crippen LogP contribution in [0.15, 0.2) is 75.4 Å². The van der Waals surface area contributed by atoms with Gasteiger partial charge >= 0.3 is 0 Å². The molecule has 5 nitrogen and oxygen atoms in total. The van der Waals surface area contributed by atoms with Gasteiger partial charge in [-0.25, -0.2) is 0 Å². The fourth-order valence-electron chi connectivity index (χ4n) is 3.50. The Bertz CT molecular complexity index is 1160. The third-order valence-corrected chi connectivity index (χ3v) is 6.29. The molecule has 0 unspecified atom stereocenters. The molecule has 0 atom stereocenters. The number of rotatable bonds is 6. The zero-order chi connectivity index (χ0) is 21.8. The molecule has 31 heavy (non-hydrogen) atoms. The highest BCUT2D eigenvalue weighted by atomic mass is 32.2. The number of carbonyl (C=O) groups is 1. The van der Waals surface area contributed by atoms with E-state index in [1.54, 1.807) is 26.0 Å². The summed E-state index contributed by atoms with van der Waals surface area (Å²) >= 11 is 1.68. The lowest BCUT2D eigenvalue weighted by atomic mass is 10.1. The Morgan fingerprint density at radius 3 is 2.58 bits per heavy atom. The van der Waals surface area contributed by atoms with Crippen molar-refractivity contribution in [1.29, 1.82) is 0 Å². The highest BCUT2D eigenvalue weighted by Gasteiger charge is 2.16. The van der Waals surface area contributed by atoms with E-state index >= 15 is 0 Å². The molecule has 3 aromatic carbocycles. The minimum atomic E-state index is -0.108. The van der Waals surface area contributed by atoms with E-state index in [0.717, 1.165) is 27.4 Å². The van der Waals surface area contributed by atoms with Crippen molar-refractivity contribution in [1.82, 2.24) is 5.32 Å². The van der Waals surface area contributed by atoms with E-state index in [2.05, 4.69) is 17.4 Å². The summed E-state index contributed by atoms with van der Waals surface area (Å²) in [6.07, 6.45) is 0.694. The Balaban J connectivity index is 1.45. The number of methoxy groups -OCH3 is 2. The van der Waals surface area contributed by atoms with Crippen molar-refractivity contribution in [3.8, 4) is 11.5 Å². The normalized spacial score (nSPS) is 12.2. The number of amides is 1. The van der Waals surface area contributed by atoms with Crippen LogP contribution >= 0.6 is 11.8 Å². The molecular weight excluding hydrogens is 408 g/mol. The van der Waals surface area contributed by atoms with Gasteiger partial charge in [-0.1, -0.05) is 36.0 Å². The average Bonchev–Trinajstić information content (AvgIpc) is 2.94. The predicted molar refractivity (Wildman–Crippen MR) is 124 cm³/mol. The number of benzene rings is 3. The van der Waals surface area contributed by atoms with Gasteiger partial charge in [-0.2, -0.15) is 0 Å². The second kappa shape index (κ2) is 9.27. The number of ether oxygens (including phenoxy) is 2. The van der Waals surface area contributed by atoms with Gasteiger partial charge in [0.25, 0.3) is 5.91 Å². The first-order valence-electron chi connectivity index (χ1n) is 10.0. The molecular formula is C25H24N2O3S. The smallest absolute Gasteiger partial charge is 0.251 e. The maximum atomic E-state index is 12.7. The molecule has 158 valence electrons. The number of nitrogens with one attached hydrogen (secondary N) is 1. The Kier molecular flexibility index (Phi) is 6.28. The highest BCUT2D eigenvalue weighted by molar-refractivity contribution is 7.99. The average molecular weight is 433 g/mol. The van der Waals surface area contributed by atoms with Crippen molar-refractivity contribution < 1.29 is 14.3 Å². The van der Waals surface area contributed by atoms with Crippen LogP contribution in [0.1, 0.15) is 28.4 Å². The summed E-state index contributed by atoms with van der Waals surface area (Å²) in [6.45, 7) is 2.53. The first-order chi connectivity index (χ1) is 15.1. The summed E-state index contributed by atoms with van der Waals surface area (Å²) in [7, 11) is 3.23. The maximum absolute atomic E-state index is 12.7. The number of carbonyl (C=O) groups excluding carboxylic acids is 1. The lowest BCUT2D eigenvalue weighted by molar-refractivity contribution is 0.0954. The summed E-state index contributed by atoms with van der Waals surface area (Å²) in [5.74, 6) is 1.27. The third-order valence-electron chi connectivity index (χ3n) is 5.15. The molecule has 1 amide bonds. The maximum Gasteiger partial charge on any atom is 0.251 e. The monoisotopic (exact) mass is 432 g/mol. The summed E-state index contributed by atoms with van der Waals surface area (Å²) in [6, 6.07) is 19.7. The van der Waals surface area contributed by atoms with Crippen LogP contribution in [0.3, 0.4) is 0 Å². The molecule has 4 rings (SSSR count). The highest BCUT2D eigenvalue weighted by Crippen LogP contribution is 2.40. The molecule has 0 saturated carbocycles. The van der Waals surface area contributed by atoms with Crippen LogP contribution < -0.4 is 14.8 Å². The molecule has 0 saturated heterocycles. The Morgan fingerprint density at radius 2 is 1.77 bits per heavy atom. The van der Waals surface area contributed by atoms with Crippen molar-refractivity contribution in [3.63, 3.8) is 0 Å². The predicted octanol–water partition coefficient (Wildman–Crippen LogP) is 5.28. The Hall–Kier alpha value is -3.25. The first kappa shape index (κ1) is 21.0. The zero-order valence-electron chi connectivity index (χ0n) is 17.8. The second-order valence-electron chi connectivity index (χ2n) is 7.17. The van der Waals surface area contributed by atoms with Gasteiger partial charge in [0.05, 0.1) is 19.9 Å². The van der Waals surface area contributed by atoms with Crippen LogP contribution in [0.4, 0.5) is 5.69 Å². The lowest BCUT2D eigenvalue weighted by Gasteiger charge is -2.11. The summed E-state index contributed by atoms with van der Waals surface area (Å²) < 4.78 is 10.6. The van der Waals surface area contributed by atoms with Crippen LogP contribution in [0.5, 0.6) is 11.5 Å². The van der Waals surface area contributed by atoms with Crippen LogP contribution in [-0.2, 0) is 6.42 Å².